The third kappa shape index (κ3) is 12.2. The highest BCUT2D eigenvalue weighted by atomic mass is 19.4. The smallest absolute Gasteiger partial charge is 0.206 e. The van der Waals surface area contributed by atoms with E-state index in [0.717, 1.165) is 78.4 Å². The van der Waals surface area contributed by atoms with E-state index in [1.54, 1.807) is 12.1 Å². The monoisotopic (exact) mass is 722 g/mol. The van der Waals surface area contributed by atoms with Gasteiger partial charge in [0, 0.05) is 0 Å². The Kier molecular flexibility index (Phi) is 14.4. The Morgan fingerprint density at radius 2 is 0.843 bits per heavy atom. The molecule has 0 bridgehead atoms. The van der Waals surface area contributed by atoms with Crippen LogP contribution >= 0.6 is 0 Å². The average Bonchev–Trinajstić information content (AvgIpc) is 3.11. The van der Waals surface area contributed by atoms with Crippen LogP contribution in [0.15, 0.2) is 42.5 Å². The van der Waals surface area contributed by atoms with Crippen LogP contribution in [0.5, 0.6) is 0 Å². The highest BCUT2D eigenvalue weighted by Crippen LogP contribution is 2.44. The second-order valence-corrected chi connectivity index (χ2v) is 17.2. The van der Waals surface area contributed by atoms with Crippen LogP contribution in [0.25, 0.3) is 0 Å². The summed E-state index contributed by atoms with van der Waals surface area (Å²) in [5.74, 6) is 5.77. The summed E-state index contributed by atoms with van der Waals surface area (Å²) in [5, 5.41) is 0. The minimum absolute atomic E-state index is 0.543. The molecule has 51 heavy (non-hydrogen) atoms. The molecule has 7 heteroatoms. The fourth-order valence-corrected chi connectivity index (χ4v) is 9.96. The van der Waals surface area contributed by atoms with Crippen LogP contribution in [0.2, 0.25) is 0 Å². The molecule has 0 aromatic heterocycles. The Labute approximate surface area is 302 Å². The number of benzene rings is 2. The zero-order valence-corrected chi connectivity index (χ0v) is 30.9. The molecule has 0 radical (unpaired) electrons. The van der Waals surface area contributed by atoms with Gasteiger partial charge in [-0.05, 0) is 160 Å². The fourth-order valence-electron chi connectivity index (χ4n) is 9.96. The molecule has 2 aromatic carbocycles. The molecule has 4 aliphatic carbocycles. The highest BCUT2D eigenvalue weighted by molar-refractivity contribution is 5.27. The number of aryl methyl sites for hydroxylation is 2. The van der Waals surface area contributed by atoms with E-state index in [1.807, 2.05) is 0 Å². The van der Waals surface area contributed by atoms with Gasteiger partial charge in [0.15, 0.2) is 0 Å². The van der Waals surface area contributed by atoms with E-state index in [1.165, 1.54) is 121 Å². The molecule has 2 aromatic rings. The van der Waals surface area contributed by atoms with E-state index in [-0.39, 0.29) is 0 Å². The van der Waals surface area contributed by atoms with E-state index in [2.05, 4.69) is 13.8 Å². The maximum atomic E-state index is 13.7. The van der Waals surface area contributed by atoms with Crippen LogP contribution in [-0.2, 0) is 25.2 Å². The normalized spacial score (nSPS) is 30.7. The molecular formula is C44H61F7. The van der Waals surface area contributed by atoms with Gasteiger partial charge < -0.3 is 0 Å². The van der Waals surface area contributed by atoms with Crippen LogP contribution in [0.4, 0.5) is 30.7 Å². The zero-order chi connectivity index (χ0) is 36.6. The van der Waals surface area contributed by atoms with Crippen molar-refractivity contribution in [1.29, 1.82) is 0 Å². The standard InChI is InChI=1S/C22H30F4.C22H31F3/c1-15-2-9-18(10-3-15)19-11-6-16(7-12-19)4-5-17-8-13-20(21(23)14-17)22(24,25)26;1-16-2-10-19(11-3-16)20-12-6-17(7-13-20)4-5-18-8-14-21(15-9-18)22(23,24)25/h8,13-16,18-19H,2-7,9-12H2,1H3;8-9,14-17,19-20H,2-7,10-13H2,1H3. The maximum absolute atomic E-state index is 13.7. The molecule has 4 fully saturated rings. The minimum atomic E-state index is -4.61. The highest BCUT2D eigenvalue weighted by Gasteiger charge is 2.35. The molecule has 0 saturated heterocycles. The third-order valence-electron chi connectivity index (χ3n) is 13.5. The Hall–Kier alpha value is -2.05. The summed E-state index contributed by atoms with van der Waals surface area (Å²) >= 11 is 0. The molecule has 0 N–H and O–H groups in total. The molecule has 0 heterocycles. The lowest BCUT2D eigenvalue weighted by atomic mass is 9.69. The Morgan fingerprint density at radius 1 is 0.471 bits per heavy atom. The summed E-state index contributed by atoms with van der Waals surface area (Å²) < 4.78 is 89.4. The molecule has 0 spiro atoms. The first-order valence-electron chi connectivity index (χ1n) is 20.3. The molecule has 0 unspecified atom stereocenters. The fraction of sp³-hybridized carbons (Fsp3) is 0.727. The van der Waals surface area contributed by atoms with Gasteiger partial charge in [0.05, 0.1) is 11.1 Å². The first-order chi connectivity index (χ1) is 24.2. The largest absolute Gasteiger partial charge is 0.419 e. The van der Waals surface area contributed by atoms with Crippen LogP contribution in [0.3, 0.4) is 0 Å². The van der Waals surface area contributed by atoms with E-state index in [4.69, 9.17) is 0 Å². The van der Waals surface area contributed by atoms with Crippen molar-refractivity contribution >= 4 is 0 Å². The summed E-state index contributed by atoms with van der Waals surface area (Å²) in [7, 11) is 0. The van der Waals surface area contributed by atoms with E-state index in [0.29, 0.717) is 17.9 Å². The lowest BCUT2D eigenvalue weighted by Gasteiger charge is -2.37. The molecule has 4 aliphatic rings. The Balaban J connectivity index is 0.000000198. The SMILES string of the molecule is CC1CCC(C2CCC(CCc3ccc(C(F)(F)F)c(F)c3)CC2)CC1.CC1CCC(C2CCC(CCc3ccc(C(F)(F)F)cc3)CC2)CC1. The molecule has 6 rings (SSSR count). The minimum Gasteiger partial charge on any atom is -0.206 e. The maximum Gasteiger partial charge on any atom is 0.419 e. The van der Waals surface area contributed by atoms with Crippen LogP contribution in [0.1, 0.15) is 152 Å². The average molecular weight is 723 g/mol. The Bertz CT molecular complexity index is 1300. The topological polar surface area (TPSA) is 0 Å². The van der Waals surface area contributed by atoms with Crippen LogP contribution < -0.4 is 0 Å². The van der Waals surface area contributed by atoms with Crippen LogP contribution in [0, 0.1) is 53.2 Å². The van der Waals surface area contributed by atoms with Gasteiger partial charge in [-0.3, -0.25) is 0 Å². The summed E-state index contributed by atoms with van der Waals surface area (Å²) in [6.07, 6.45) is 16.5. The van der Waals surface area contributed by atoms with Crippen molar-refractivity contribution in [1.82, 2.24) is 0 Å². The second-order valence-electron chi connectivity index (χ2n) is 17.2. The Morgan fingerprint density at radius 3 is 1.22 bits per heavy atom. The van der Waals surface area contributed by atoms with Gasteiger partial charge in [-0.15, -0.1) is 0 Å². The van der Waals surface area contributed by atoms with Crippen molar-refractivity contribution in [3.05, 3.63) is 70.5 Å². The van der Waals surface area contributed by atoms with Crippen molar-refractivity contribution in [2.75, 3.05) is 0 Å². The summed E-state index contributed by atoms with van der Waals surface area (Å²) in [6.45, 7) is 4.74. The van der Waals surface area contributed by atoms with Gasteiger partial charge in [0.1, 0.15) is 5.82 Å². The van der Waals surface area contributed by atoms with Gasteiger partial charge in [-0.2, -0.15) is 26.3 Å². The number of halogens is 7. The number of hydrogen-bond donors (Lipinski definition) is 0. The van der Waals surface area contributed by atoms with E-state index in [9.17, 15) is 30.7 Å². The molecular weight excluding hydrogens is 661 g/mol. The van der Waals surface area contributed by atoms with Crippen molar-refractivity contribution in [2.45, 2.75) is 155 Å². The lowest BCUT2D eigenvalue weighted by Crippen LogP contribution is -2.25. The van der Waals surface area contributed by atoms with E-state index >= 15 is 0 Å². The molecule has 4 saturated carbocycles. The summed E-state index contributed by atoms with van der Waals surface area (Å²) in [5.41, 5.74) is 0.0115. The number of rotatable bonds is 8. The number of hydrogen-bond acceptors (Lipinski definition) is 0. The first kappa shape index (κ1) is 40.1. The molecule has 286 valence electrons. The second kappa shape index (κ2) is 18.3. The van der Waals surface area contributed by atoms with Crippen molar-refractivity contribution in [3.63, 3.8) is 0 Å². The number of alkyl halides is 6. The quantitative estimate of drug-likeness (QED) is 0.238. The molecule has 0 amide bonds. The first-order valence-corrected chi connectivity index (χ1v) is 20.3. The van der Waals surface area contributed by atoms with Gasteiger partial charge in [-0.25, -0.2) is 4.39 Å². The van der Waals surface area contributed by atoms with Gasteiger partial charge >= 0.3 is 12.4 Å². The predicted octanol–water partition coefficient (Wildman–Crippen LogP) is 14.7. The van der Waals surface area contributed by atoms with Crippen LogP contribution in [-0.4, -0.2) is 0 Å². The molecule has 0 aliphatic heterocycles. The summed E-state index contributed by atoms with van der Waals surface area (Å²) in [4.78, 5) is 0. The summed E-state index contributed by atoms with van der Waals surface area (Å²) in [6, 6.07) is 9.12. The van der Waals surface area contributed by atoms with Gasteiger partial charge in [0.25, 0.3) is 0 Å². The molecule has 0 atom stereocenters. The van der Waals surface area contributed by atoms with Crippen molar-refractivity contribution in [2.24, 2.45) is 47.3 Å². The predicted molar refractivity (Wildman–Crippen MR) is 193 cm³/mol. The van der Waals surface area contributed by atoms with E-state index < -0.39 is 29.3 Å². The zero-order valence-electron chi connectivity index (χ0n) is 30.9. The lowest BCUT2D eigenvalue weighted by molar-refractivity contribution is -0.140. The van der Waals surface area contributed by atoms with Crippen molar-refractivity contribution < 1.29 is 30.7 Å². The van der Waals surface area contributed by atoms with Crippen molar-refractivity contribution in [3.8, 4) is 0 Å². The van der Waals surface area contributed by atoms with Gasteiger partial charge in [0.2, 0.25) is 0 Å². The van der Waals surface area contributed by atoms with Gasteiger partial charge in [-0.1, -0.05) is 83.4 Å². The third-order valence-corrected chi connectivity index (χ3v) is 13.5. The molecule has 0 nitrogen and oxygen atoms in total.